The molecule has 0 spiro atoms. The summed E-state index contributed by atoms with van der Waals surface area (Å²) < 4.78 is 12.8. The number of nitrogens with one attached hydrogen (secondary N) is 1. The minimum atomic E-state index is -0.420. The van der Waals surface area contributed by atoms with Crippen LogP contribution in [-0.4, -0.2) is 4.98 Å². The molecule has 0 aliphatic carbocycles. The van der Waals surface area contributed by atoms with Gasteiger partial charge < -0.3 is 4.98 Å². The molecule has 15 heavy (non-hydrogen) atoms. The fourth-order valence-corrected chi connectivity index (χ4v) is 1.61. The first-order valence-corrected chi connectivity index (χ1v) is 4.69. The standard InChI is InChI=1S/C11H7ClFNO/c12-10-6-7(13)3-4-8(10)9-2-1-5-14-11(9)15/h1-6H,(H,14,15). The lowest BCUT2D eigenvalue weighted by atomic mass is 10.1. The van der Waals surface area contributed by atoms with Crippen molar-refractivity contribution in [3.8, 4) is 11.1 Å². The smallest absolute Gasteiger partial charge is 0.255 e. The van der Waals surface area contributed by atoms with Crippen molar-refractivity contribution in [1.29, 1.82) is 0 Å². The van der Waals surface area contributed by atoms with Crippen LogP contribution >= 0.6 is 11.6 Å². The SMILES string of the molecule is O=c1[nH]cccc1-c1ccc(F)cc1Cl. The van der Waals surface area contributed by atoms with E-state index in [4.69, 9.17) is 11.6 Å². The average Bonchev–Trinajstić information content (AvgIpc) is 2.20. The summed E-state index contributed by atoms with van der Waals surface area (Å²) in [5.41, 5.74) is 0.716. The molecule has 2 nitrogen and oxygen atoms in total. The van der Waals surface area contributed by atoms with Crippen molar-refractivity contribution in [2.75, 3.05) is 0 Å². The maximum atomic E-state index is 12.8. The molecule has 1 heterocycles. The predicted molar refractivity (Wildman–Crippen MR) is 57.5 cm³/mol. The Morgan fingerprint density at radius 3 is 2.67 bits per heavy atom. The monoisotopic (exact) mass is 223 g/mol. The van der Waals surface area contributed by atoms with Gasteiger partial charge in [0.25, 0.3) is 5.56 Å². The van der Waals surface area contributed by atoms with Crippen molar-refractivity contribution in [3.05, 3.63) is 57.7 Å². The first-order chi connectivity index (χ1) is 7.18. The molecule has 0 aliphatic rings. The van der Waals surface area contributed by atoms with Gasteiger partial charge in [-0.3, -0.25) is 4.79 Å². The molecule has 0 bridgehead atoms. The Bertz CT molecular complexity index is 550. The number of pyridine rings is 1. The molecule has 0 amide bonds. The second kappa shape index (κ2) is 3.87. The zero-order valence-corrected chi connectivity index (χ0v) is 8.38. The van der Waals surface area contributed by atoms with Gasteiger partial charge in [-0.25, -0.2) is 4.39 Å². The zero-order valence-electron chi connectivity index (χ0n) is 7.63. The van der Waals surface area contributed by atoms with Crippen molar-refractivity contribution in [3.63, 3.8) is 0 Å². The Morgan fingerprint density at radius 2 is 2.00 bits per heavy atom. The predicted octanol–water partition coefficient (Wildman–Crippen LogP) is 2.83. The summed E-state index contributed by atoms with van der Waals surface area (Å²) in [6, 6.07) is 7.27. The number of halogens is 2. The maximum Gasteiger partial charge on any atom is 0.255 e. The maximum absolute atomic E-state index is 12.8. The molecular formula is C11H7ClFNO. The fourth-order valence-electron chi connectivity index (χ4n) is 1.34. The summed E-state index contributed by atoms with van der Waals surface area (Å²) in [5, 5.41) is 0.228. The van der Waals surface area contributed by atoms with Gasteiger partial charge in [0.05, 0.1) is 5.02 Å². The number of aromatic nitrogens is 1. The van der Waals surface area contributed by atoms with E-state index in [2.05, 4.69) is 4.98 Å². The number of H-pyrrole nitrogens is 1. The largest absolute Gasteiger partial charge is 0.329 e. The molecule has 1 N–H and O–H groups in total. The summed E-state index contributed by atoms with van der Waals surface area (Å²) in [5.74, 6) is -0.420. The Hall–Kier alpha value is -1.61. The molecule has 0 saturated carbocycles. The Kier molecular flexibility index (Phi) is 2.56. The van der Waals surface area contributed by atoms with Gasteiger partial charge in [-0.05, 0) is 30.3 Å². The van der Waals surface area contributed by atoms with Gasteiger partial charge in [-0.1, -0.05) is 11.6 Å². The second-order valence-electron chi connectivity index (χ2n) is 3.04. The highest BCUT2D eigenvalue weighted by Gasteiger charge is 2.07. The van der Waals surface area contributed by atoms with Gasteiger partial charge in [0.2, 0.25) is 0 Å². The van der Waals surface area contributed by atoms with Crippen LogP contribution in [0, 0.1) is 5.82 Å². The van der Waals surface area contributed by atoms with E-state index < -0.39 is 5.82 Å². The van der Waals surface area contributed by atoms with E-state index in [1.165, 1.54) is 24.4 Å². The molecule has 2 rings (SSSR count). The van der Waals surface area contributed by atoms with Crippen LogP contribution in [0.25, 0.3) is 11.1 Å². The van der Waals surface area contributed by atoms with E-state index in [9.17, 15) is 9.18 Å². The summed E-state index contributed by atoms with van der Waals surface area (Å²) in [6.07, 6.45) is 1.53. The van der Waals surface area contributed by atoms with Crippen LogP contribution in [0.2, 0.25) is 5.02 Å². The molecule has 0 aliphatic heterocycles. The van der Waals surface area contributed by atoms with Crippen LogP contribution in [-0.2, 0) is 0 Å². The van der Waals surface area contributed by atoms with Crippen LogP contribution in [0.1, 0.15) is 0 Å². The quantitative estimate of drug-likeness (QED) is 0.792. The first-order valence-electron chi connectivity index (χ1n) is 4.31. The molecule has 4 heteroatoms. The number of rotatable bonds is 1. The molecule has 2 aromatic rings. The molecular weight excluding hydrogens is 217 g/mol. The molecule has 1 aromatic carbocycles. The molecule has 0 radical (unpaired) electrons. The van der Waals surface area contributed by atoms with E-state index in [1.807, 2.05) is 0 Å². The number of hydrogen-bond donors (Lipinski definition) is 1. The van der Waals surface area contributed by atoms with Crippen LogP contribution in [0.5, 0.6) is 0 Å². The summed E-state index contributed by atoms with van der Waals surface area (Å²) in [4.78, 5) is 14.0. The Balaban J connectivity index is 2.65. The van der Waals surface area contributed by atoms with Gasteiger partial charge >= 0.3 is 0 Å². The molecule has 0 unspecified atom stereocenters. The summed E-state index contributed by atoms with van der Waals surface area (Å²) >= 11 is 5.84. The van der Waals surface area contributed by atoms with Gasteiger partial charge in [0.1, 0.15) is 5.82 Å². The van der Waals surface area contributed by atoms with Crippen LogP contribution in [0.15, 0.2) is 41.3 Å². The third-order valence-corrected chi connectivity index (χ3v) is 2.35. The Labute approximate surface area is 90.3 Å². The van der Waals surface area contributed by atoms with Gasteiger partial charge in [-0.2, -0.15) is 0 Å². The average molecular weight is 224 g/mol. The number of hydrogen-bond acceptors (Lipinski definition) is 1. The van der Waals surface area contributed by atoms with Gasteiger partial charge in [0, 0.05) is 17.3 Å². The normalized spacial score (nSPS) is 10.3. The highest BCUT2D eigenvalue weighted by Crippen LogP contribution is 2.25. The lowest BCUT2D eigenvalue weighted by Crippen LogP contribution is -2.07. The van der Waals surface area contributed by atoms with E-state index in [0.717, 1.165) is 0 Å². The van der Waals surface area contributed by atoms with Crippen molar-refractivity contribution in [2.45, 2.75) is 0 Å². The van der Waals surface area contributed by atoms with E-state index in [-0.39, 0.29) is 10.6 Å². The molecule has 76 valence electrons. The third-order valence-electron chi connectivity index (χ3n) is 2.04. The van der Waals surface area contributed by atoms with Crippen molar-refractivity contribution < 1.29 is 4.39 Å². The topological polar surface area (TPSA) is 32.9 Å². The number of aromatic amines is 1. The van der Waals surface area contributed by atoms with E-state index in [0.29, 0.717) is 11.1 Å². The van der Waals surface area contributed by atoms with Crippen molar-refractivity contribution in [2.24, 2.45) is 0 Å². The molecule has 1 aromatic heterocycles. The van der Waals surface area contributed by atoms with Gasteiger partial charge in [0.15, 0.2) is 0 Å². The summed E-state index contributed by atoms with van der Waals surface area (Å²) in [7, 11) is 0. The third kappa shape index (κ3) is 1.92. The Morgan fingerprint density at radius 1 is 1.20 bits per heavy atom. The minimum absolute atomic E-state index is 0.228. The van der Waals surface area contributed by atoms with E-state index >= 15 is 0 Å². The van der Waals surface area contributed by atoms with Crippen molar-refractivity contribution >= 4 is 11.6 Å². The molecule has 0 saturated heterocycles. The lowest BCUT2D eigenvalue weighted by molar-refractivity contribution is 0.628. The van der Waals surface area contributed by atoms with Crippen LogP contribution in [0.3, 0.4) is 0 Å². The fraction of sp³-hybridized carbons (Fsp3) is 0. The molecule has 0 fully saturated rings. The van der Waals surface area contributed by atoms with Crippen LogP contribution < -0.4 is 5.56 Å². The highest BCUT2D eigenvalue weighted by atomic mass is 35.5. The van der Waals surface area contributed by atoms with Crippen LogP contribution in [0.4, 0.5) is 4.39 Å². The van der Waals surface area contributed by atoms with E-state index in [1.54, 1.807) is 12.1 Å². The lowest BCUT2D eigenvalue weighted by Gasteiger charge is -2.02. The minimum Gasteiger partial charge on any atom is -0.329 e. The number of benzene rings is 1. The second-order valence-corrected chi connectivity index (χ2v) is 3.44. The molecule has 0 atom stereocenters. The zero-order chi connectivity index (χ0) is 10.8. The van der Waals surface area contributed by atoms with Gasteiger partial charge in [-0.15, -0.1) is 0 Å². The first kappa shape index (κ1) is 9.93. The summed E-state index contributed by atoms with van der Waals surface area (Å²) in [6.45, 7) is 0. The van der Waals surface area contributed by atoms with Crippen molar-refractivity contribution in [1.82, 2.24) is 4.98 Å². The highest BCUT2D eigenvalue weighted by molar-refractivity contribution is 6.33.